The summed E-state index contributed by atoms with van der Waals surface area (Å²) in [5.74, 6) is -0.586. The Kier molecular flexibility index (Phi) is 4.30. The topological polar surface area (TPSA) is 84.1 Å². The molecule has 4 rings (SSSR count). The highest BCUT2D eigenvalue weighted by Crippen LogP contribution is 2.29. The van der Waals surface area contributed by atoms with Crippen molar-refractivity contribution in [2.75, 3.05) is 6.61 Å². The van der Waals surface area contributed by atoms with E-state index >= 15 is 0 Å². The van der Waals surface area contributed by atoms with Gasteiger partial charge in [-0.15, -0.1) is 0 Å². The van der Waals surface area contributed by atoms with Crippen LogP contribution in [0.25, 0.3) is 21.5 Å². The molecular formula is C20H20FN3O3. The number of rotatable bonds is 4. The number of nitrogens with zero attached hydrogens (tertiary/aromatic N) is 1. The monoisotopic (exact) mass is 369 g/mol. The van der Waals surface area contributed by atoms with E-state index in [0.29, 0.717) is 17.7 Å². The van der Waals surface area contributed by atoms with E-state index in [2.05, 4.69) is 15.3 Å². The molecule has 0 saturated carbocycles. The summed E-state index contributed by atoms with van der Waals surface area (Å²) in [6, 6.07) is 5.13. The summed E-state index contributed by atoms with van der Waals surface area (Å²) < 4.78 is 19.8. The number of aromatic nitrogens is 2. The largest absolute Gasteiger partial charge is 0.475 e. The Morgan fingerprint density at radius 1 is 1.22 bits per heavy atom. The Morgan fingerprint density at radius 3 is 2.81 bits per heavy atom. The molecule has 6 nitrogen and oxygen atoms in total. The minimum Gasteiger partial charge on any atom is -0.475 e. The number of H-pyrrole nitrogens is 1. The molecule has 1 fully saturated rings. The lowest BCUT2D eigenvalue weighted by Gasteiger charge is -2.18. The maximum Gasteiger partial charge on any atom is 0.255 e. The standard InChI is InChI=1S/C20H20FN3O3/c1-3-12-16(24-19(26)17(12)21)9-27-20-14-7-13-10(2)8-23-18(25)15(13)6-11(14)4-5-22-20/h4-8,12,16-17H,3,9H2,1-2H3,(H,23,25)(H,24,26). The summed E-state index contributed by atoms with van der Waals surface area (Å²) in [7, 11) is 0. The lowest BCUT2D eigenvalue weighted by atomic mass is 9.97. The molecule has 1 aliphatic heterocycles. The van der Waals surface area contributed by atoms with Gasteiger partial charge in [0.2, 0.25) is 5.88 Å². The first-order valence-electron chi connectivity index (χ1n) is 8.97. The van der Waals surface area contributed by atoms with Crippen molar-refractivity contribution in [3.8, 4) is 5.88 Å². The summed E-state index contributed by atoms with van der Waals surface area (Å²) in [5.41, 5.74) is 0.793. The Hall–Kier alpha value is -2.96. The highest BCUT2D eigenvalue weighted by Gasteiger charge is 2.41. The summed E-state index contributed by atoms with van der Waals surface area (Å²) in [5, 5.41) is 5.69. The minimum absolute atomic E-state index is 0.142. The molecule has 3 aromatic rings. The van der Waals surface area contributed by atoms with Gasteiger partial charge in [-0.05, 0) is 47.9 Å². The molecule has 1 amide bonds. The highest BCUT2D eigenvalue weighted by molar-refractivity contribution is 6.00. The Bertz CT molecular complexity index is 1090. The number of hydrogen-bond acceptors (Lipinski definition) is 4. The van der Waals surface area contributed by atoms with E-state index in [1.165, 1.54) is 0 Å². The van der Waals surface area contributed by atoms with Crippen LogP contribution in [0.4, 0.5) is 4.39 Å². The zero-order chi connectivity index (χ0) is 19.1. The fraction of sp³-hybridized carbons (Fsp3) is 0.350. The number of carbonyl (C=O) groups is 1. The maximum atomic E-state index is 14.0. The summed E-state index contributed by atoms with van der Waals surface area (Å²) >= 11 is 0. The number of hydrogen-bond donors (Lipinski definition) is 2. The van der Waals surface area contributed by atoms with Crippen LogP contribution in [-0.4, -0.2) is 34.7 Å². The van der Waals surface area contributed by atoms with Crippen LogP contribution >= 0.6 is 0 Å². The van der Waals surface area contributed by atoms with Crippen LogP contribution < -0.4 is 15.6 Å². The first kappa shape index (κ1) is 17.5. The number of aryl methyl sites for hydroxylation is 1. The quantitative estimate of drug-likeness (QED) is 0.693. The van der Waals surface area contributed by atoms with Gasteiger partial charge in [0.15, 0.2) is 6.17 Å². The van der Waals surface area contributed by atoms with Crippen molar-refractivity contribution in [2.24, 2.45) is 5.92 Å². The molecular weight excluding hydrogens is 349 g/mol. The van der Waals surface area contributed by atoms with E-state index in [9.17, 15) is 14.0 Å². The summed E-state index contributed by atoms with van der Waals surface area (Å²) in [4.78, 5) is 30.7. The number of aromatic amines is 1. The molecule has 1 aliphatic rings. The number of pyridine rings is 2. The fourth-order valence-corrected chi connectivity index (χ4v) is 3.75. The van der Waals surface area contributed by atoms with Gasteiger partial charge in [-0.25, -0.2) is 9.37 Å². The number of carbonyl (C=O) groups excluding carboxylic acids is 1. The number of halogens is 1. The van der Waals surface area contributed by atoms with Crippen LogP contribution in [0.1, 0.15) is 18.9 Å². The van der Waals surface area contributed by atoms with Gasteiger partial charge >= 0.3 is 0 Å². The molecule has 1 saturated heterocycles. The average molecular weight is 369 g/mol. The molecule has 0 spiro atoms. The molecule has 2 N–H and O–H groups in total. The molecule has 27 heavy (non-hydrogen) atoms. The van der Waals surface area contributed by atoms with Crippen molar-refractivity contribution in [2.45, 2.75) is 32.5 Å². The third kappa shape index (κ3) is 2.93. The van der Waals surface area contributed by atoms with Crippen LogP contribution in [0.5, 0.6) is 5.88 Å². The minimum atomic E-state index is -1.50. The number of ether oxygens (including phenoxy) is 1. The van der Waals surface area contributed by atoms with Crippen LogP contribution in [0, 0.1) is 12.8 Å². The van der Waals surface area contributed by atoms with Crippen molar-refractivity contribution >= 4 is 27.5 Å². The average Bonchev–Trinajstić information content (AvgIpc) is 2.95. The molecule has 7 heteroatoms. The van der Waals surface area contributed by atoms with Crippen LogP contribution in [0.15, 0.2) is 35.4 Å². The second-order valence-electron chi connectivity index (χ2n) is 6.94. The number of amides is 1. The Labute approximate surface area is 154 Å². The number of benzene rings is 1. The van der Waals surface area contributed by atoms with Gasteiger partial charge in [-0.2, -0.15) is 0 Å². The Balaban J connectivity index is 1.70. The van der Waals surface area contributed by atoms with Crippen molar-refractivity contribution in [3.63, 3.8) is 0 Å². The van der Waals surface area contributed by atoms with Gasteiger partial charge in [0.05, 0.1) is 6.04 Å². The highest BCUT2D eigenvalue weighted by atomic mass is 19.1. The van der Waals surface area contributed by atoms with E-state index in [0.717, 1.165) is 21.7 Å². The third-order valence-electron chi connectivity index (χ3n) is 5.30. The summed E-state index contributed by atoms with van der Waals surface area (Å²) in [6.45, 7) is 3.92. The predicted octanol–water partition coefficient (Wildman–Crippen LogP) is 2.63. The molecule has 2 aromatic heterocycles. The van der Waals surface area contributed by atoms with E-state index in [4.69, 9.17) is 4.74 Å². The van der Waals surface area contributed by atoms with Crippen LogP contribution in [0.2, 0.25) is 0 Å². The van der Waals surface area contributed by atoms with Crippen LogP contribution in [-0.2, 0) is 4.79 Å². The SMILES string of the molecule is CCC1C(COc2nccc3cc4c(=O)[nH]cc(C)c4cc23)NC(=O)C1F. The van der Waals surface area contributed by atoms with E-state index in [1.54, 1.807) is 12.4 Å². The zero-order valence-corrected chi connectivity index (χ0v) is 15.1. The fourth-order valence-electron chi connectivity index (χ4n) is 3.75. The normalized spacial score (nSPS) is 22.3. The summed E-state index contributed by atoms with van der Waals surface area (Å²) in [6.07, 6.45) is 2.33. The van der Waals surface area contributed by atoms with Crippen molar-refractivity contribution in [1.29, 1.82) is 0 Å². The van der Waals surface area contributed by atoms with Crippen molar-refractivity contribution in [1.82, 2.24) is 15.3 Å². The smallest absolute Gasteiger partial charge is 0.255 e. The van der Waals surface area contributed by atoms with Gasteiger partial charge in [0.25, 0.3) is 11.5 Å². The van der Waals surface area contributed by atoms with E-state index in [1.807, 2.05) is 32.0 Å². The number of fused-ring (bicyclic) bond motifs is 2. The van der Waals surface area contributed by atoms with E-state index in [-0.39, 0.29) is 18.2 Å². The molecule has 0 bridgehead atoms. The van der Waals surface area contributed by atoms with E-state index < -0.39 is 18.0 Å². The van der Waals surface area contributed by atoms with Crippen molar-refractivity contribution < 1.29 is 13.9 Å². The maximum absolute atomic E-state index is 14.0. The molecule has 3 atom stereocenters. The molecule has 1 aromatic carbocycles. The molecule has 3 unspecified atom stereocenters. The lowest BCUT2D eigenvalue weighted by molar-refractivity contribution is -0.123. The zero-order valence-electron chi connectivity index (χ0n) is 15.1. The van der Waals surface area contributed by atoms with Gasteiger partial charge < -0.3 is 15.0 Å². The van der Waals surface area contributed by atoms with Crippen LogP contribution in [0.3, 0.4) is 0 Å². The second kappa shape index (κ2) is 6.64. The molecule has 3 heterocycles. The lowest BCUT2D eigenvalue weighted by Crippen LogP contribution is -2.34. The molecule has 0 radical (unpaired) electrons. The predicted molar refractivity (Wildman–Crippen MR) is 101 cm³/mol. The van der Waals surface area contributed by atoms with Gasteiger partial charge in [0, 0.05) is 29.1 Å². The second-order valence-corrected chi connectivity index (χ2v) is 6.94. The number of nitrogens with one attached hydrogen (secondary N) is 2. The van der Waals surface area contributed by atoms with Gasteiger partial charge in [0.1, 0.15) is 6.61 Å². The Morgan fingerprint density at radius 2 is 2.04 bits per heavy atom. The first-order chi connectivity index (χ1) is 13.0. The molecule has 140 valence electrons. The van der Waals surface area contributed by atoms with Crippen molar-refractivity contribution in [3.05, 3.63) is 46.5 Å². The first-order valence-corrected chi connectivity index (χ1v) is 8.97. The van der Waals surface area contributed by atoms with Gasteiger partial charge in [-0.3, -0.25) is 9.59 Å². The molecule has 0 aliphatic carbocycles. The van der Waals surface area contributed by atoms with Gasteiger partial charge in [-0.1, -0.05) is 6.92 Å². The number of alkyl halides is 1. The third-order valence-corrected chi connectivity index (χ3v) is 5.30.